The van der Waals surface area contributed by atoms with E-state index in [2.05, 4.69) is 12.2 Å². The molecular weight excluding hydrogens is 304 g/mol. The maximum Gasteiger partial charge on any atom is 0.256 e. The zero-order valence-electron chi connectivity index (χ0n) is 13.7. The summed E-state index contributed by atoms with van der Waals surface area (Å²) in [6, 6.07) is 11.9. The Balaban J connectivity index is 1.80. The molecule has 2 N–H and O–H groups in total. The van der Waals surface area contributed by atoms with E-state index in [0.717, 1.165) is 12.1 Å². The van der Waals surface area contributed by atoms with Crippen molar-refractivity contribution in [2.75, 3.05) is 10.2 Å². The van der Waals surface area contributed by atoms with Gasteiger partial charge in [-0.2, -0.15) is 0 Å². The maximum atomic E-state index is 12.7. The molecule has 0 aromatic heterocycles. The van der Waals surface area contributed by atoms with Gasteiger partial charge in [0, 0.05) is 5.69 Å². The van der Waals surface area contributed by atoms with Crippen molar-refractivity contribution in [1.82, 2.24) is 0 Å². The van der Waals surface area contributed by atoms with Gasteiger partial charge < -0.3 is 10.4 Å². The molecule has 1 atom stereocenters. The molecule has 2 amide bonds. The summed E-state index contributed by atoms with van der Waals surface area (Å²) in [5.41, 5.74) is 3.25. The number of benzene rings is 2. The van der Waals surface area contributed by atoms with Crippen molar-refractivity contribution in [3.8, 4) is 5.75 Å². The smallest absolute Gasteiger partial charge is 0.256 e. The Labute approximate surface area is 140 Å². The lowest BCUT2D eigenvalue weighted by Crippen LogP contribution is -2.35. The molecule has 1 aliphatic heterocycles. The van der Waals surface area contributed by atoms with Crippen LogP contribution in [0.25, 0.3) is 0 Å². The van der Waals surface area contributed by atoms with Gasteiger partial charge in [0.05, 0.1) is 12.1 Å². The van der Waals surface area contributed by atoms with Gasteiger partial charge in [0.2, 0.25) is 5.91 Å². The van der Waals surface area contributed by atoms with Crippen molar-refractivity contribution < 1.29 is 14.7 Å². The topological polar surface area (TPSA) is 69.6 Å². The molecule has 124 valence electrons. The molecule has 2 aromatic rings. The van der Waals surface area contributed by atoms with E-state index in [0.29, 0.717) is 11.3 Å². The highest BCUT2D eigenvalue weighted by Crippen LogP contribution is 2.29. The van der Waals surface area contributed by atoms with Crippen LogP contribution in [-0.2, 0) is 16.0 Å². The van der Waals surface area contributed by atoms with Crippen LogP contribution >= 0.6 is 0 Å². The van der Waals surface area contributed by atoms with Gasteiger partial charge in [0.1, 0.15) is 11.8 Å². The summed E-state index contributed by atoms with van der Waals surface area (Å²) >= 11 is 0. The summed E-state index contributed by atoms with van der Waals surface area (Å²) in [6.45, 7) is 3.85. The number of aryl methyl sites for hydroxylation is 2. The van der Waals surface area contributed by atoms with E-state index in [-0.39, 0.29) is 24.0 Å². The predicted molar refractivity (Wildman–Crippen MR) is 93.2 cm³/mol. The monoisotopic (exact) mass is 324 g/mol. The third kappa shape index (κ3) is 2.97. The molecule has 2 aromatic carbocycles. The Kier molecular flexibility index (Phi) is 4.25. The first-order valence-electron chi connectivity index (χ1n) is 8.01. The molecule has 24 heavy (non-hydrogen) atoms. The van der Waals surface area contributed by atoms with Gasteiger partial charge in [0.25, 0.3) is 5.91 Å². The standard InChI is InChI=1S/C19H20N2O3/c1-3-13-4-6-14(7-5-13)20-16-11-18(23)21(19(16)24)17-9-8-15(22)10-12(17)2/h4-10,16,20,22H,3,11H2,1-2H3. The van der Waals surface area contributed by atoms with Crippen molar-refractivity contribution in [3.05, 3.63) is 53.6 Å². The molecule has 0 aliphatic carbocycles. The highest BCUT2D eigenvalue weighted by atomic mass is 16.3. The van der Waals surface area contributed by atoms with Crippen LogP contribution in [0, 0.1) is 6.92 Å². The minimum Gasteiger partial charge on any atom is -0.508 e. The molecule has 1 heterocycles. The predicted octanol–water partition coefficient (Wildman–Crippen LogP) is 3.01. The number of hydrogen-bond acceptors (Lipinski definition) is 4. The minimum absolute atomic E-state index is 0.112. The quantitative estimate of drug-likeness (QED) is 0.848. The number of carbonyl (C=O) groups excluding carboxylic acids is 2. The van der Waals surface area contributed by atoms with Gasteiger partial charge in [-0.05, 0) is 54.8 Å². The van der Waals surface area contributed by atoms with Crippen LogP contribution in [0.4, 0.5) is 11.4 Å². The number of imide groups is 1. The lowest BCUT2D eigenvalue weighted by Gasteiger charge is -2.18. The molecule has 0 saturated carbocycles. The molecule has 1 saturated heterocycles. The molecule has 1 aliphatic rings. The van der Waals surface area contributed by atoms with Crippen LogP contribution in [0.15, 0.2) is 42.5 Å². The fourth-order valence-corrected chi connectivity index (χ4v) is 2.93. The molecule has 1 unspecified atom stereocenters. The normalized spacial score (nSPS) is 17.4. The van der Waals surface area contributed by atoms with Crippen molar-refractivity contribution in [2.24, 2.45) is 0 Å². The van der Waals surface area contributed by atoms with Gasteiger partial charge in [0.15, 0.2) is 0 Å². The zero-order valence-corrected chi connectivity index (χ0v) is 13.7. The van der Waals surface area contributed by atoms with E-state index in [1.807, 2.05) is 24.3 Å². The fraction of sp³-hybridized carbons (Fsp3) is 0.263. The number of amides is 2. The van der Waals surface area contributed by atoms with E-state index >= 15 is 0 Å². The molecule has 5 nitrogen and oxygen atoms in total. The number of nitrogens with zero attached hydrogens (tertiary/aromatic N) is 1. The zero-order chi connectivity index (χ0) is 17.3. The first kappa shape index (κ1) is 16.1. The second kappa shape index (κ2) is 6.35. The van der Waals surface area contributed by atoms with Crippen molar-refractivity contribution in [3.63, 3.8) is 0 Å². The number of carbonyl (C=O) groups is 2. The second-order valence-electron chi connectivity index (χ2n) is 5.99. The first-order chi connectivity index (χ1) is 11.5. The minimum atomic E-state index is -0.571. The molecule has 0 radical (unpaired) electrons. The van der Waals surface area contributed by atoms with Gasteiger partial charge in [-0.1, -0.05) is 19.1 Å². The Morgan fingerprint density at radius 1 is 1.17 bits per heavy atom. The Morgan fingerprint density at radius 3 is 2.50 bits per heavy atom. The third-order valence-electron chi connectivity index (χ3n) is 4.27. The summed E-state index contributed by atoms with van der Waals surface area (Å²) in [5.74, 6) is -0.397. The summed E-state index contributed by atoms with van der Waals surface area (Å²) in [4.78, 5) is 26.2. The molecular formula is C19H20N2O3. The largest absolute Gasteiger partial charge is 0.508 e. The number of aromatic hydroxyl groups is 1. The van der Waals surface area contributed by atoms with Gasteiger partial charge in [-0.3, -0.25) is 9.59 Å². The van der Waals surface area contributed by atoms with Gasteiger partial charge in [-0.25, -0.2) is 4.90 Å². The summed E-state index contributed by atoms with van der Waals surface area (Å²) < 4.78 is 0. The van der Waals surface area contributed by atoms with Crippen LogP contribution in [0.3, 0.4) is 0 Å². The number of rotatable bonds is 4. The van der Waals surface area contributed by atoms with Crippen LogP contribution < -0.4 is 10.2 Å². The number of phenolic OH excluding ortho intramolecular Hbond substituents is 1. The maximum absolute atomic E-state index is 12.7. The third-order valence-corrected chi connectivity index (χ3v) is 4.27. The van der Waals surface area contributed by atoms with Crippen LogP contribution in [0.2, 0.25) is 0 Å². The number of hydrogen-bond donors (Lipinski definition) is 2. The van der Waals surface area contributed by atoms with E-state index < -0.39 is 6.04 Å². The van der Waals surface area contributed by atoms with E-state index in [9.17, 15) is 14.7 Å². The van der Waals surface area contributed by atoms with Crippen molar-refractivity contribution in [1.29, 1.82) is 0 Å². The summed E-state index contributed by atoms with van der Waals surface area (Å²) in [7, 11) is 0. The van der Waals surface area contributed by atoms with E-state index in [1.54, 1.807) is 19.1 Å². The lowest BCUT2D eigenvalue weighted by molar-refractivity contribution is -0.121. The van der Waals surface area contributed by atoms with Gasteiger partial charge >= 0.3 is 0 Å². The van der Waals surface area contributed by atoms with Crippen LogP contribution in [0.1, 0.15) is 24.5 Å². The average molecular weight is 324 g/mol. The summed E-state index contributed by atoms with van der Waals surface area (Å²) in [5, 5.41) is 12.6. The number of phenols is 1. The highest BCUT2D eigenvalue weighted by Gasteiger charge is 2.40. The van der Waals surface area contributed by atoms with E-state index in [4.69, 9.17) is 0 Å². The molecule has 5 heteroatoms. The number of nitrogens with one attached hydrogen (secondary N) is 1. The number of anilines is 2. The molecule has 0 spiro atoms. The second-order valence-corrected chi connectivity index (χ2v) is 5.99. The summed E-state index contributed by atoms with van der Waals surface area (Å²) in [6.07, 6.45) is 1.07. The Morgan fingerprint density at radius 2 is 1.88 bits per heavy atom. The Hall–Kier alpha value is -2.82. The molecule has 1 fully saturated rings. The highest BCUT2D eigenvalue weighted by molar-refractivity contribution is 6.23. The van der Waals surface area contributed by atoms with Gasteiger partial charge in [-0.15, -0.1) is 0 Å². The Bertz CT molecular complexity index is 784. The first-order valence-corrected chi connectivity index (χ1v) is 8.01. The molecule has 3 rings (SSSR count). The van der Waals surface area contributed by atoms with Crippen molar-refractivity contribution in [2.45, 2.75) is 32.7 Å². The van der Waals surface area contributed by atoms with Crippen LogP contribution in [0.5, 0.6) is 5.75 Å². The van der Waals surface area contributed by atoms with E-state index in [1.165, 1.54) is 16.5 Å². The van der Waals surface area contributed by atoms with Crippen molar-refractivity contribution >= 4 is 23.2 Å². The molecule has 0 bridgehead atoms. The van der Waals surface area contributed by atoms with Crippen LogP contribution in [-0.4, -0.2) is 23.0 Å². The SMILES string of the molecule is CCc1ccc(NC2CC(=O)N(c3ccc(O)cc3C)C2=O)cc1. The fourth-order valence-electron chi connectivity index (χ4n) is 2.93. The lowest BCUT2D eigenvalue weighted by atomic mass is 10.1. The average Bonchev–Trinajstić information content (AvgIpc) is 2.83.